The number of halogens is 1. The number of methoxy groups -OCH3 is 3. The lowest BCUT2D eigenvalue weighted by Crippen LogP contribution is -3.00. The van der Waals surface area contributed by atoms with E-state index in [4.69, 9.17) is 19.2 Å². The molecular formula is C25H27ClN3O4S-. The van der Waals surface area contributed by atoms with E-state index in [1.807, 2.05) is 67.5 Å². The Balaban J connectivity index is 0.00000324. The summed E-state index contributed by atoms with van der Waals surface area (Å²) in [5, 5.41) is 2.57. The molecule has 0 N–H and O–H groups in total. The van der Waals surface area contributed by atoms with Gasteiger partial charge in [-0.05, 0) is 49.1 Å². The van der Waals surface area contributed by atoms with Gasteiger partial charge in [0.15, 0.2) is 5.13 Å². The third-order valence-corrected chi connectivity index (χ3v) is 6.54. The summed E-state index contributed by atoms with van der Waals surface area (Å²) in [7, 11) is 8.76. The lowest BCUT2D eigenvalue weighted by molar-refractivity contribution is -0.0000154. The fourth-order valence-electron chi connectivity index (χ4n) is 3.67. The topological polar surface area (TPSA) is 64.1 Å². The summed E-state index contributed by atoms with van der Waals surface area (Å²) in [6, 6.07) is 15.4. The standard InChI is InChI=1S/C25H27N3O4S.ClH/c1-27(2)12-13-28(25-26-22-19(30-3)10-11-20(31-4)23(22)33-25)24(29)18-14-16-8-6-7-9-17(16)15-21(18)32-5;/h6-11,14-15H,12-13H2,1-5H3;1H/p-1. The Morgan fingerprint density at radius 2 is 1.50 bits per heavy atom. The number of hydrogen-bond acceptors (Lipinski definition) is 7. The number of aromatic nitrogens is 1. The van der Waals surface area contributed by atoms with Crippen molar-refractivity contribution in [3.63, 3.8) is 0 Å². The lowest BCUT2D eigenvalue weighted by atomic mass is 10.0. The number of ether oxygens (including phenoxy) is 3. The maximum absolute atomic E-state index is 13.9. The Morgan fingerprint density at radius 1 is 0.882 bits per heavy atom. The van der Waals surface area contributed by atoms with E-state index >= 15 is 0 Å². The van der Waals surface area contributed by atoms with Crippen molar-refractivity contribution in [2.45, 2.75) is 0 Å². The molecule has 0 spiro atoms. The summed E-state index contributed by atoms with van der Waals surface area (Å²) < 4.78 is 17.5. The summed E-state index contributed by atoms with van der Waals surface area (Å²) in [4.78, 5) is 22.4. The third kappa shape index (κ3) is 4.89. The van der Waals surface area contributed by atoms with Crippen molar-refractivity contribution >= 4 is 43.4 Å². The number of rotatable bonds is 8. The number of anilines is 1. The van der Waals surface area contributed by atoms with Crippen molar-refractivity contribution in [3.05, 3.63) is 54.1 Å². The molecule has 3 aromatic carbocycles. The zero-order valence-corrected chi connectivity index (χ0v) is 21.4. The first kappa shape index (κ1) is 25.6. The van der Waals surface area contributed by atoms with Gasteiger partial charge in [0, 0.05) is 13.1 Å². The number of fused-ring (bicyclic) bond motifs is 2. The number of amides is 1. The predicted octanol–water partition coefficient (Wildman–Crippen LogP) is 1.69. The molecule has 0 saturated carbocycles. The molecule has 0 unspecified atom stereocenters. The highest BCUT2D eigenvalue weighted by Gasteiger charge is 2.26. The minimum absolute atomic E-state index is 0. The third-order valence-electron chi connectivity index (χ3n) is 5.44. The molecule has 0 bridgehead atoms. The van der Waals surface area contributed by atoms with Crippen LogP contribution in [0.3, 0.4) is 0 Å². The highest BCUT2D eigenvalue weighted by Crippen LogP contribution is 2.40. The van der Waals surface area contributed by atoms with Crippen LogP contribution in [-0.2, 0) is 0 Å². The van der Waals surface area contributed by atoms with Gasteiger partial charge in [0.25, 0.3) is 5.91 Å². The predicted molar refractivity (Wildman–Crippen MR) is 133 cm³/mol. The van der Waals surface area contributed by atoms with Crippen molar-refractivity contribution in [2.75, 3.05) is 53.4 Å². The Labute approximate surface area is 209 Å². The number of benzene rings is 3. The summed E-state index contributed by atoms with van der Waals surface area (Å²) in [6.45, 7) is 1.14. The van der Waals surface area contributed by atoms with Crippen LogP contribution in [0.5, 0.6) is 17.2 Å². The van der Waals surface area contributed by atoms with Crippen LogP contribution in [0.15, 0.2) is 48.5 Å². The molecule has 9 heteroatoms. The molecule has 1 amide bonds. The number of nitrogens with zero attached hydrogens (tertiary/aromatic N) is 3. The first-order valence-electron chi connectivity index (χ1n) is 10.5. The monoisotopic (exact) mass is 500 g/mol. The first-order chi connectivity index (χ1) is 16.0. The molecule has 4 rings (SSSR count). The molecule has 7 nitrogen and oxygen atoms in total. The minimum Gasteiger partial charge on any atom is -1.00 e. The van der Waals surface area contributed by atoms with Gasteiger partial charge in [0.05, 0.1) is 26.9 Å². The van der Waals surface area contributed by atoms with E-state index in [9.17, 15) is 4.79 Å². The summed E-state index contributed by atoms with van der Waals surface area (Å²) in [6.07, 6.45) is 0. The molecule has 1 heterocycles. The van der Waals surface area contributed by atoms with Gasteiger partial charge in [-0.2, -0.15) is 0 Å². The van der Waals surface area contributed by atoms with Crippen LogP contribution >= 0.6 is 11.3 Å². The van der Waals surface area contributed by atoms with Crippen LogP contribution in [0, 0.1) is 0 Å². The highest BCUT2D eigenvalue weighted by molar-refractivity contribution is 7.22. The zero-order chi connectivity index (χ0) is 23.5. The van der Waals surface area contributed by atoms with Gasteiger partial charge in [-0.3, -0.25) is 9.69 Å². The molecular weight excluding hydrogens is 474 g/mol. The van der Waals surface area contributed by atoms with E-state index < -0.39 is 0 Å². The number of likely N-dealkylation sites (N-methyl/N-ethyl adjacent to an activating group) is 1. The van der Waals surface area contributed by atoms with Crippen molar-refractivity contribution in [2.24, 2.45) is 0 Å². The molecule has 0 radical (unpaired) electrons. The molecule has 180 valence electrons. The van der Waals surface area contributed by atoms with Gasteiger partial charge in [-0.15, -0.1) is 0 Å². The van der Waals surface area contributed by atoms with Crippen LogP contribution in [0.1, 0.15) is 10.4 Å². The number of carbonyl (C=O) groups is 1. The highest BCUT2D eigenvalue weighted by atomic mass is 35.5. The SMILES string of the molecule is COc1cc2ccccc2cc1C(=O)N(CCN(C)C)c1nc2c(OC)ccc(OC)c2s1.[Cl-]. The maximum Gasteiger partial charge on any atom is 0.263 e. The average molecular weight is 501 g/mol. The molecule has 4 aromatic rings. The molecule has 0 aliphatic rings. The largest absolute Gasteiger partial charge is 1.00 e. The average Bonchev–Trinajstić information content (AvgIpc) is 3.27. The van der Waals surface area contributed by atoms with Crippen LogP contribution in [-0.4, -0.2) is 64.3 Å². The van der Waals surface area contributed by atoms with Crippen molar-refractivity contribution in [3.8, 4) is 17.2 Å². The Bertz CT molecular complexity index is 1270. The van der Waals surface area contributed by atoms with Crippen LogP contribution in [0.2, 0.25) is 0 Å². The van der Waals surface area contributed by atoms with Crippen LogP contribution in [0.25, 0.3) is 21.0 Å². The second kappa shape index (κ2) is 10.9. The van der Waals surface area contributed by atoms with Gasteiger partial charge >= 0.3 is 0 Å². The number of carbonyl (C=O) groups excluding carboxylic acids is 1. The number of hydrogen-bond donors (Lipinski definition) is 0. The van der Waals surface area contributed by atoms with E-state index in [0.29, 0.717) is 46.5 Å². The molecule has 0 atom stereocenters. The zero-order valence-electron chi connectivity index (χ0n) is 19.8. The number of thiazole rings is 1. The van der Waals surface area contributed by atoms with Crippen molar-refractivity contribution in [1.29, 1.82) is 0 Å². The van der Waals surface area contributed by atoms with E-state index in [2.05, 4.69) is 0 Å². The van der Waals surface area contributed by atoms with Crippen molar-refractivity contribution < 1.29 is 31.4 Å². The lowest BCUT2D eigenvalue weighted by Gasteiger charge is -2.23. The maximum atomic E-state index is 13.9. The fraction of sp³-hybridized carbons (Fsp3) is 0.280. The molecule has 34 heavy (non-hydrogen) atoms. The summed E-state index contributed by atoms with van der Waals surface area (Å²) >= 11 is 1.41. The first-order valence-corrected chi connectivity index (χ1v) is 11.3. The van der Waals surface area contributed by atoms with Gasteiger partial charge < -0.3 is 31.5 Å². The molecule has 0 aliphatic heterocycles. The Morgan fingerprint density at radius 3 is 2.12 bits per heavy atom. The van der Waals surface area contributed by atoms with Gasteiger partial charge in [-0.25, -0.2) is 4.98 Å². The minimum atomic E-state index is -0.170. The second-order valence-electron chi connectivity index (χ2n) is 7.80. The molecule has 1 aromatic heterocycles. The normalized spacial score (nSPS) is 10.9. The second-order valence-corrected chi connectivity index (χ2v) is 8.78. The molecule has 0 fully saturated rings. The van der Waals surface area contributed by atoms with E-state index in [1.54, 1.807) is 26.2 Å². The quantitative estimate of drug-likeness (QED) is 0.367. The van der Waals surface area contributed by atoms with E-state index in [-0.39, 0.29) is 18.3 Å². The smallest absolute Gasteiger partial charge is 0.263 e. The van der Waals surface area contributed by atoms with Gasteiger partial charge in [0.1, 0.15) is 27.5 Å². The van der Waals surface area contributed by atoms with Gasteiger partial charge in [-0.1, -0.05) is 35.6 Å². The van der Waals surface area contributed by atoms with Crippen molar-refractivity contribution in [1.82, 2.24) is 9.88 Å². The Kier molecular flexibility index (Phi) is 8.19. The van der Waals surface area contributed by atoms with E-state index in [1.165, 1.54) is 11.3 Å². The molecule has 0 saturated heterocycles. The fourth-order valence-corrected chi connectivity index (χ4v) is 4.77. The molecule has 0 aliphatic carbocycles. The van der Waals surface area contributed by atoms with Crippen LogP contribution in [0.4, 0.5) is 5.13 Å². The summed E-state index contributed by atoms with van der Waals surface area (Å²) in [5.74, 6) is 1.69. The van der Waals surface area contributed by atoms with E-state index in [0.717, 1.165) is 15.5 Å². The van der Waals surface area contributed by atoms with Crippen LogP contribution < -0.4 is 31.5 Å². The Hall–Kier alpha value is -3.07. The summed E-state index contributed by atoms with van der Waals surface area (Å²) in [5.41, 5.74) is 1.16. The van der Waals surface area contributed by atoms with Gasteiger partial charge in [0.2, 0.25) is 0 Å².